The highest BCUT2D eigenvalue weighted by atomic mass is 16.5. The van der Waals surface area contributed by atoms with E-state index in [1.807, 2.05) is 13.0 Å². The number of para-hydroxylation sites is 1. The number of aryl methyl sites for hydroxylation is 2. The van der Waals surface area contributed by atoms with Gasteiger partial charge in [0.1, 0.15) is 28.8 Å². The second-order valence-electron chi connectivity index (χ2n) is 5.59. The van der Waals surface area contributed by atoms with Crippen molar-refractivity contribution in [3.8, 4) is 28.8 Å². The molecule has 2 heterocycles. The van der Waals surface area contributed by atoms with E-state index in [2.05, 4.69) is 10.2 Å². The van der Waals surface area contributed by atoms with Gasteiger partial charge in [0.25, 0.3) is 0 Å². The van der Waals surface area contributed by atoms with Crippen molar-refractivity contribution in [1.29, 1.82) is 0 Å². The van der Waals surface area contributed by atoms with E-state index in [4.69, 9.17) is 19.0 Å². The van der Waals surface area contributed by atoms with Crippen LogP contribution in [-0.4, -0.2) is 40.1 Å². The van der Waals surface area contributed by atoms with E-state index in [0.29, 0.717) is 34.6 Å². The first-order chi connectivity index (χ1) is 12.5. The smallest absolute Gasteiger partial charge is 0.303 e. The molecule has 0 saturated heterocycles. The van der Waals surface area contributed by atoms with Crippen LogP contribution in [-0.2, 0) is 11.2 Å². The Hall–Kier alpha value is -3.29. The number of aliphatic carboxylic acids is 1. The fraction of sp³-hybridized carbons (Fsp3) is 0.278. The van der Waals surface area contributed by atoms with Gasteiger partial charge in [-0.05, 0) is 31.2 Å². The van der Waals surface area contributed by atoms with Gasteiger partial charge in [-0.2, -0.15) is 0 Å². The van der Waals surface area contributed by atoms with Gasteiger partial charge in [-0.15, -0.1) is 10.2 Å². The van der Waals surface area contributed by atoms with Crippen molar-refractivity contribution in [2.45, 2.75) is 19.8 Å². The molecule has 8 heteroatoms. The second-order valence-corrected chi connectivity index (χ2v) is 5.59. The molecule has 0 aliphatic heterocycles. The first-order valence-corrected chi connectivity index (χ1v) is 7.99. The molecule has 1 aromatic carbocycles. The Bertz CT molecular complexity index is 907. The van der Waals surface area contributed by atoms with E-state index in [-0.39, 0.29) is 12.8 Å². The summed E-state index contributed by atoms with van der Waals surface area (Å²) in [5.74, 6) is 2.34. The molecular weight excluding hydrogens is 338 g/mol. The predicted molar refractivity (Wildman–Crippen MR) is 92.9 cm³/mol. The standard InChI is InChI=1S/C18H19N3O5/c1-11-7-8-14(26-11)18-20-19-15(9-10-16(22)23)21(18)17-12(24-2)5-4-6-13(17)25-3/h4-8H,9-10H2,1-3H3,(H,22,23). The van der Waals surface area contributed by atoms with Crippen LogP contribution >= 0.6 is 0 Å². The topological polar surface area (TPSA) is 99.6 Å². The number of benzene rings is 1. The summed E-state index contributed by atoms with van der Waals surface area (Å²) in [5, 5.41) is 17.4. The molecule has 0 spiro atoms. The van der Waals surface area contributed by atoms with E-state index in [9.17, 15) is 4.79 Å². The quantitative estimate of drug-likeness (QED) is 0.694. The second kappa shape index (κ2) is 7.30. The van der Waals surface area contributed by atoms with Crippen LogP contribution in [0.4, 0.5) is 0 Å². The Morgan fingerprint density at radius 2 is 1.85 bits per heavy atom. The number of furan rings is 1. The average molecular weight is 357 g/mol. The largest absolute Gasteiger partial charge is 0.494 e. The predicted octanol–water partition coefficient (Wildman–Crippen LogP) is 2.87. The first kappa shape index (κ1) is 17.5. The number of aromatic nitrogens is 3. The lowest BCUT2D eigenvalue weighted by Gasteiger charge is -2.16. The van der Waals surface area contributed by atoms with Gasteiger partial charge in [0.05, 0.1) is 20.6 Å². The summed E-state index contributed by atoms with van der Waals surface area (Å²) < 4.78 is 18.4. The highest BCUT2D eigenvalue weighted by molar-refractivity contribution is 5.67. The molecule has 0 amide bonds. The van der Waals surface area contributed by atoms with E-state index >= 15 is 0 Å². The van der Waals surface area contributed by atoms with Crippen molar-refractivity contribution in [3.63, 3.8) is 0 Å². The van der Waals surface area contributed by atoms with Crippen LogP contribution in [0.1, 0.15) is 18.0 Å². The minimum Gasteiger partial charge on any atom is -0.494 e. The van der Waals surface area contributed by atoms with Crippen LogP contribution in [0.2, 0.25) is 0 Å². The zero-order valence-electron chi connectivity index (χ0n) is 14.7. The number of ether oxygens (including phenoxy) is 2. The lowest BCUT2D eigenvalue weighted by Crippen LogP contribution is -2.09. The number of carbonyl (C=O) groups is 1. The lowest BCUT2D eigenvalue weighted by molar-refractivity contribution is -0.137. The van der Waals surface area contributed by atoms with Crippen LogP contribution in [0, 0.1) is 6.92 Å². The summed E-state index contributed by atoms with van der Waals surface area (Å²) in [6.45, 7) is 1.83. The zero-order valence-corrected chi connectivity index (χ0v) is 14.7. The molecule has 0 aliphatic carbocycles. The van der Waals surface area contributed by atoms with Gasteiger partial charge >= 0.3 is 5.97 Å². The molecule has 26 heavy (non-hydrogen) atoms. The molecule has 0 bridgehead atoms. The third-order valence-corrected chi connectivity index (χ3v) is 3.88. The van der Waals surface area contributed by atoms with E-state index in [1.54, 1.807) is 43.1 Å². The Labute approximate surface area is 150 Å². The number of methoxy groups -OCH3 is 2. The summed E-state index contributed by atoms with van der Waals surface area (Å²) in [4.78, 5) is 11.0. The average Bonchev–Trinajstić information content (AvgIpc) is 3.24. The van der Waals surface area contributed by atoms with Gasteiger partial charge < -0.3 is 19.0 Å². The van der Waals surface area contributed by atoms with Crippen molar-refractivity contribution in [2.75, 3.05) is 14.2 Å². The SMILES string of the molecule is COc1cccc(OC)c1-n1c(CCC(=O)O)nnc1-c1ccc(C)o1. The monoisotopic (exact) mass is 357 g/mol. The maximum absolute atomic E-state index is 11.0. The van der Waals surface area contributed by atoms with E-state index in [0.717, 1.165) is 5.76 Å². The molecular formula is C18H19N3O5. The minimum absolute atomic E-state index is 0.0766. The molecule has 1 N–H and O–H groups in total. The van der Waals surface area contributed by atoms with Gasteiger partial charge in [0.15, 0.2) is 5.76 Å². The molecule has 0 saturated carbocycles. The Kier molecular flexibility index (Phi) is 4.92. The lowest BCUT2D eigenvalue weighted by atomic mass is 10.2. The molecule has 0 radical (unpaired) electrons. The highest BCUT2D eigenvalue weighted by Crippen LogP contribution is 2.36. The normalized spacial score (nSPS) is 10.7. The first-order valence-electron chi connectivity index (χ1n) is 7.99. The minimum atomic E-state index is -0.915. The molecule has 0 fully saturated rings. The molecule has 136 valence electrons. The zero-order chi connectivity index (χ0) is 18.7. The van der Waals surface area contributed by atoms with Crippen molar-refractivity contribution in [2.24, 2.45) is 0 Å². The number of nitrogens with zero attached hydrogens (tertiary/aromatic N) is 3. The molecule has 3 aromatic rings. The highest BCUT2D eigenvalue weighted by Gasteiger charge is 2.23. The molecule has 2 aromatic heterocycles. The Balaban J connectivity index is 2.24. The summed E-state index contributed by atoms with van der Waals surface area (Å²) in [5.41, 5.74) is 0.590. The summed E-state index contributed by atoms with van der Waals surface area (Å²) in [6, 6.07) is 8.99. The number of carboxylic acid groups (broad SMARTS) is 1. The van der Waals surface area contributed by atoms with Crippen LogP contribution in [0.5, 0.6) is 11.5 Å². The van der Waals surface area contributed by atoms with Crippen LogP contribution in [0.15, 0.2) is 34.7 Å². The molecule has 0 atom stereocenters. The fourth-order valence-corrected chi connectivity index (χ4v) is 2.70. The number of carboxylic acids is 1. The summed E-state index contributed by atoms with van der Waals surface area (Å²) in [7, 11) is 3.10. The molecule has 0 aliphatic rings. The van der Waals surface area contributed by atoms with Crippen LogP contribution < -0.4 is 9.47 Å². The summed E-state index contributed by atoms with van der Waals surface area (Å²) >= 11 is 0. The van der Waals surface area contributed by atoms with Gasteiger partial charge in [0, 0.05) is 6.42 Å². The molecule has 3 rings (SSSR count). The van der Waals surface area contributed by atoms with Gasteiger partial charge in [-0.3, -0.25) is 9.36 Å². The summed E-state index contributed by atoms with van der Waals surface area (Å²) in [6.07, 6.45) is 0.121. The van der Waals surface area contributed by atoms with Gasteiger partial charge in [-0.25, -0.2) is 0 Å². The molecule has 0 unspecified atom stereocenters. The van der Waals surface area contributed by atoms with E-state index in [1.165, 1.54) is 0 Å². The Morgan fingerprint density at radius 1 is 1.15 bits per heavy atom. The van der Waals surface area contributed by atoms with Crippen molar-refractivity contribution in [1.82, 2.24) is 14.8 Å². The van der Waals surface area contributed by atoms with E-state index < -0.39 is 5.97 Å². The third kappa shape index (κ3) is 3.26. The third-order valence-electron chi connectivity index (χ3n) is 3.88. The van der Waals surface area contributed by atoms with Crippen LogP contribution in [0.25, 0.3) is 17.3 Å². The fourth-order valence-electron chi connectivity index (χ4n) is 2.70. The number of hydrogen-bond donors (Lipinski definition) is 1. The molecule has 8 nitrogen and oxygen atoms in total. The number of hydrogen-bond acceptors (Lipinski definition) is 6. The van der Waals surface area contributed by atoms with Crippen molar-refractivity contribution >= 4 is 5.97 Å². The van der Waals surface area contributed by atoms with Crippen molar-refractivity contribution < 1.29 is 23.8 Å². The van der Waals surface area contributed by atoms with Gasteiger partial charge in [-0.1, -0.05) is 6.07 Å². The Morgan fingerprint density at radius 3 is 2.38 bits per heavy atom. The number of rotatable bonds is 7. The maximum atomic E-state index is 11.0. The maximum Gasteiger partial charge on any atom is 0.303 e. The van der Waals surface area contributed by atoms with Crippen molar-refractivity contribution in [3.05, 3.63) is 41.9 Å². The van der Waals surface area contributed by atoms with Crippen LogP contribution in [0.3, 0.4) is 0 Å². The van der Waals surface area contributed by atoms with Gasteiger partial charge in [0.2, 0.25) is 5.82 Å².